The van der Waals surface area contributed by atoms with Gasteiger partial charge in [0.15, 0.2) is 11.7 Å². The quantitative estimate of drug-likeness (QED) is 0.307. The van der Waals surface area contributed by atoms with E-state index in [1.807, 2.05) is 6.07 Å². The smallest absolute Gasteiger partial charge is 0.191 e. The van der Waals surface area contributed by atoms with E-state index in [1.54, 1.807) is 14.2 Å². The standard InChI is InChI=1S/C23H36N4O3/c1-6-18(7-2)21-14-20(30-27-21)16-26-23(24-4)25-15-19-10-9-17(3)13-22(19)29-12-8-11-28-5/h9-10,13-14,18H,6-8,11-12,15-16H2,1-5H3,(H2,24,25,26). The van der Waals surface area contributed by atoms with Crippen molar-refractivity contribution >= 4 is 5.96 Å². The second kappa shape index (κ2) is 12.9. The maximum Gasteiger partial charge on any atom is 0.191 e. The van der Waals surface area contributed by atoms with Crippen LogP contribution in [0.5, 0.6) is 5.75 Å². The normalized spacial score (nSPS) is 11.7. The van der Waals surface area contributed by atoms with Crippen LogP contribution >= 0.6 is 0 Å². The molecule has 0 fully saturated rings. The Labute approximate surface area is 180 Å². The highest BCUT2D eigenvalue weighted by Crippen LogP contribution is 2.22. The number of hydrogen-bond acceptors (Lipinski definition) is 5. The third-order valence-electron chi connectivity index (χ3n) is 5.05. The maximum absolute atomic E-state index is 5.96. The van der Waals surface area contributed by atoms with Crippen LogP contribution in [0.2, 0.25) is 0 Å². The summed E-state index contributed by atoms with van der Waals surface area (Å²) >= 11 is 0. The third-order valence-corrected chi connectivity index (χ3v) is 5.05. The van der Waals surface area contributed by atoms with Crippen molar-refractivity contribution in [2.24, 2.45) is 4.99 Å². The van der Waals surface area contributed by atoms with Gasteiger partial charge in [-0.3, -0.25) is 4.99 Å². The van der Waals surface area contributed by atoms with Gasteiger partial charge in [-0.15, -0.1) is 0 Å². The molecule has 0 saturated carbocycles. The molecule has 0 spiro atoms. The van der Waals surface area contributed by atoms with Crippen LogP contribution in [0.4, 0.5) is 0 Å². The molecule has 1 heterocycles. The predicted molar refractivity (Wildman–Crippen MR) is 120 cm³/mol. The van der Waals surface area contributed by atoms with Gasteiger partial charge in [-0.2, -0.15) is 0 Å². The number of methoxy groups -OCH3 is 1. The van der Waals surface area contributed by atoms with Gasteiger partial charge in [-0.25, -0.2) is 0 Å². The molecule has 30 heavy (non-hydrogen) atoms. The molecule has 166 valence electrons. The van der Waals surface area contributed by atoms with Crippen molar-refractivity contribution in [3.63, 3.8) is 0 Å². The number of aromatic nitrogens is 1. The van der Waals surface area contributed by atoms with Crippen LogP contribution in [0, 0.1) is 6.92 Å². The minimum absolute atomic E-state index is 0.448. The lowest BCUT2D eigenvalue weighted by Crippen LogP contribution is -2.36. The van der Waals surface area contributed by atoms with Crippen molar-refractivity contribution in [2.75, 3.05) is 27.4 Å². The fourth-order valence-electron chi connectivity index (χ4n) is 3.21. The fraction of sp³-hybridized carbons (Fsp3) is 0.565. The molecule has 7 nitrogen and oxygen atoms in total. The predicted octanol–water partition coefficient (Wildman–Crippen LogP) is 4.17. The second-order valence-corrected chi connectivity index (χ2v) is 7.32. The van der Waals surface area contributed by atoms with Crippen LogP contribution in [-0.2, 0) is 17.8 Å². The van der Waals surface area contributed by atoms with Crippen LogP contribution in [0.15, 0.2) is 33.8 Å². The minimum Gasteiger partial charge on any atom is -0.493 e. The molecule has 0 aliphatic rings. The van der Waals surface area contributed by atoms with Crippen molar-refractivity contribution in [1.29, 1.82) is 0 Å². The monoisotopic (exact) mass is 416 g/mol. The van der Waals surface area contributed by atoms with Gasteiger partial charge in [0, 0.05) is 51.3 Å². The summed E-state index contributed by atoms with van der Waals surface area (Å²) in [4.78, 5) is 4.30. The van der Waals surface area contributed by atoms with Crippen LogP contribution in [-0.4, -0.2) is 38.5 Å². The first-order valence-electron chi connectivity index (χ1n) is 10.7. The lowest BCUT2D eigenvalue weighted by Gasteiger charge is -2.15. The molecule has 0 aliphatic heterocycles. The van der Waals surface area contributed by atoms with Crippen LogP contribution < -0.4 is 15.4 Å². The van der Waals surface area contributed by atoms with E-state index in [4.69, 9.17) is 14.0 Å². The first-order chi connectivity index (χ1) is 14.6. The molecule has 0 unspecified atom stereocenters. The van der Waals surface area contributed by atoms with E-state index in [-0.39, 0.29) is 0 Å². The number of ether oxygens (including phenoxy) is 2. The third kappa shape index (κ3) is 7.37. The zero-order valence-electron chi connectivity index (χ0n) is 19.0. The Morgan fingerprint density at radius 2 is 1.90 bits per heavy atom. The fourth-order valence-corrected chi connectivity index (χ4v) is 3.21. The average Bonchev–Trinajstić information content (AvgIpc) is 3.22. The number of nitrogens with one attached hydrogen (secondary N) is 2. The lowest BCUT2D eigenvalue weighted by atomic mass is 9.99. The summed E-state index contributed by atoms with van der Waals surface area (Å²) < 4.78 is 16.5. The molecule has 0 amide bonds. The summed E-state index contributed by atoms with van der Waals surface area (Å²) in [5.74, 6) is 2.83. The highest BCUT2D eigenvalue weighted by Gasteiger charge is 2.13. The highest BCUT2D eigenvalue weighted by molar-refractivity contribution is 5.79. The number of nitrogens with zero attached hydrogens (tertiary/aromatic N) is 2. The van der Waals surface area contributed by atoms with E-state index in [2.05, 4.69) is 59.8 Å². The molecule has 1 aromatic heterocycles. The zero-order valence-corrected chi connectivity index (χ0v) is 19.0. The topological polar surface area (TPSA) is 80.9 Å². The van der Waals surface area contributed by atoms with E-state index in [1.165, 1.54) is 5.56 Å². The van der Waals surface area contributed by atoms with Crippen molar-refractivity contribution in [1.82, 2.24) is 15.8 Å². The number of guanidine groups is 1. The summed E-state index contributed by atoms with van der Waals surface area (Å²) in [6, 6.07) is 8.26. The number of benzene rings is 1. The van der Waals surface area contributed by atoms with Crippen LogP contribution in [0.25, 0.3) is 0 Å². The maximum atomic E-state index is 5.96. The summed E-state index contributed by atoms with van der Waals surface area (Å²) in [7, 11) is 3.45. The van der Waals surface area contributed by atoms with Crippen molar-refractivity contribution < 1.29 is 14.0 Å². The first kappa shape index (κ1) is 23.7. The minimum atomic E-state index is 0.448. The van der Waals surface area contributed by atoms with Gasteiger partial charge in [-0.05, 0) is 31.4 Å². The van der Waals surface area contributed by atoms with E-state index >= 15 is 0 Å². The number of aryl methyl sites for hydroxylation is 1. The molecular formula is C23H36N4O3. The molecule has 0 atom stereocenters. The van der Waals surface area contributed by atoms with Gasteiger partial charge in [0.25, 0.3) is 0 Å². The van der Waals surface area contributed by atoms with Crippen molar-refractivity contribution in [3.8, 4) is 5.75 Å². The Morgan fingerprint density at radius 3 is 2.60 bits per heavy atom. The zero-order chi connectivity index (χ0) is 21.8. The van der Waals surface area contributed by atoms with Gasteiger partial charge in [0.1, 0.15) is 5.75 Å². The molecule has 0 aliphatic carbocycles. The largest absolute Gasteiger partial charge is 0.493 e. The number of rotatable bonds is 12. The molecule has 0 radical (unpaired) electrons. The van der Waals surface area contributed by atoms with Crippen molar-refractivity contribution in [2.45, 2.75) is 59.0 Å². The Hall–Kier alpha value is -2.54. The van der Waals surface area contributed by atoms with Gasteiger partial charge in [0.05, 0.1) is 18.8 Å². The van der Waals surface area contributed by atoms with Gasteiger partial charge < -0.3 is 24.6 Å². The first-order valence-corrected chi connectivity index (χ1v) is 10.7. The summed E-state index contributed by atoms with van der Waals surface area (Å²) in [5.41, 5.74) is 3.27. The molecular weight excluding hydrogens is 380 g/mol. The molecule has 1 aromatic carbocycles. The molecule has 2 rings (SSSR count). The van der Waals surface area contributed by atoms with Gasteiger partial charge in [-0.1, -0.05) is 31.1 Å². The molecule has 2 aromatic rings. The summed E-state index contributed by atoms with van der Waals surface area (Å²) in [6.45, 7) is 8.86. The van der Waals surface area contributed by atoms with Gasteiger partial charge in [0.2, 0.25) is 0 Å². The molecule has 0 bridgehead atoms. The highest BCUT2D eigenvalue weighted by atomic mass is 16.5. The average molecular weight is 417 g/mol. The summed E-state index contributed by atoms with van der Waals surface area (Å²) in [5, 5.41) is 10.8. The molecule has 7 heteroatoms. The van der Waals surface area contributed by atoms with E-state index in [9.17, 15) is 0 Å². The molecule has 0 saturated heterocycles. The van der Waals surface area contributed by atoms with Crippen LogP contribution in [0.3, 0.4) is 0 Å². The van der Waals surface area contributed by atoms with Crippen LogP contribution in [0.1, 0.15) is 61.6 Å². The Bertz CT molecular complexity index is 785. The van der Waals surface area contributed by atoms with E-state index in [0.29, 0.717) is 38.2 Å². The lowest BCUT2D eigenvalue weighted by molar-refractivity contribution is 0.171. The SMILES string of the molecule is CCC(CC)c1cc(CNC(=NC)NCc2ccc(C)cc2OCCCOC)on1. The Morgan fingerprint density at radius 1 is 1.13 bits per heavy atom. The van der Waals surface area contributed by atoms with E-state index < -0.39 is 0 Å². The van der Waals surface area contributed by atoms with E-state index in [0.717, 1.165) is 42.0 Å². The number of aliphatic imine (C=N–C) groups is 1. The van der Waals surface area contributed by atoms with Crippen molar-refractivity contribution in [3.05, 3.63) is 46.8 Å². The second-order valence-electron chi connectivity index (χ2n) is 7.32. The molecule has 2 N–H and O–H groups in total. The summed E-state index contributed by atoms with van der Waals surface area (Å²) in [6.07, 6.45) is 2.98. The Kier molecular flexibility index (Phi) is 10.2. The van der Waals surface area contributed by atoms with Gasteiger partial charge >= 0.3 is 0 Å². The Balaban J connectivity index is 1.89. The number of hydrogen-bond donors (Lipinski definition) is 2.